The molecule has 0 unspecified atom stereocenters. The molecule has 4 heteroatoms. The minimum atomic E-state index is 0.0781. The van der Waals surface area contributed by atoms with Gasteiger partial charge >= 0.3 is 0 Å². The van der Waals surface area contributed by atoms with E-state index in [-0.39, 0.29) is 11.8 Å². The Hall–Kier alpha value is -3.40. The van der Waals surface area contributed by atoms with Crippen LogP contribution in [-0.4, -0.2) is 22.0 Å². The normalized spacial score (nSPS) is 16.5. The zero-order chi connectivity index (χ0) is 20.7. The maximum atomic E-state index is 12.9. The lowest BCUT2D eigenvalue weighted by atomic mass is 10.1. The summed E-state index contributed by atoms with van der Waals surface area (Å²) in [6, 6.07) is 25.0. The molecule has 1 aliphatic heterocycles. The van der Waals surface area contributed by atoms with Crippen LogP contribution in [0.1, 0.15) is 34.9 Å². The maximum absolute atomic E-state index is 12.9. The number of imidazole rings is 1. The highest BCUT2D eigenvalue weighted by Gasteiger charge is 2.35. The molecular formula is C26H25N3O. The fourth-order valence-electron chi connectivity index (χ4n) is 4.54. The van der Waals surface area contributed by atoms with Gasteiger partial charge in [0, 0.05) is 31.1 Å². The molecule has 2 heterocycles. The van der Waals surface area contributed by atoms with Gasteiger partial charge in [0.1, 0.15) is 5.82 Å². The summed E-state index contributed by atoms with van der Waals surface area (Å²) in [5.74, 6) is 1.25. The number of para-hydroxylation sites is 3. The summed E-state index contributed by atoms with van der Waals surface area (Å²) in [5.41, 5.74) is 6.74. The van der Waals surface area contributed by atoms with Gasteiger partial charge in [0.05, 0.1) is 11.0 Å². The first-order valence-corrected chi connectivity index (χ1v) is 10.5. The van der Waals surface area contributed by atoms with E-state index in [0.29, 0.717) is 13.0 Å². The Morgan fingerprint density at radius 2 is 1.77 bits per heavy atom. The molecular weight excluding hydrogens is 370 g/mol. The average Bonchev–Trinajstić information content (AvgIpc) is 3.29. The lowest BCUT2D eigenvalue weighted by Crippen LogP contribution is -2.25. The van der Waals surface area contributed by atoms with Gasteiger partial charge in [-0.15, -0.1) is 0 Å². The van der Waals surface area contributed by atoms with Crippen molar-refractivity contribution >= 4 is 22.6 Å². The molecule has 0 aliphatic carbocycles. The Morgan fingerprint density at radius 1 is 0.967 bits per heavy atom. The molecule has 150 valence electrons. The molecule has 4 aromatic rings. The predicted molar refractivity (Wildman–Crippen MR) is 121 cm³/mol. The molecule has 1 fully saturated rings. The van der Waals surface area contributed by atoms with Gasteiger partial charge in [-0.2, -0.15) is 0 Å². The lowest BCUT2D eigenvalue weighted by molar-refractivity contribution is -0.117. The molecule has 0 spiro atoms. The number of anilines is 1. The fourth-order valence-corrected chi connectivity index (χ4v) is 4.54. The van der Waals surface area contributed by atoms with E-state index < -0.39 is 0 Å². The lowest BCUT2D eigenvalue weighted by Gasteiger charge is -2.19. The molecule has 0 bridgehead atoms. The molecule has 1 amide bonds. The molecule has 0 radical (unpaired) electrons. The molecule has 4 nitrogen and oxygen atoms in total. The summed E-state index contributed by atoms with van der Waals surface area (Å²) in [6.07, 6.45) is 0.492. The van der Waals surface area contributed by atoms with Crippen LogP contribution < -0.4 is 4.90 Å². The third kappa shape index (κ3) is 3.28. The van der Waals surface area contributed by atoms with Gasteiger partial charge < -0.3 is 9.47 Å². The zero-order valence-corrected chi connectivity index (χ0v) is 17.4. The second-order valence-corrected chi connectivity index (χ2v) is 8.23. The molecule has 1 atom stereocenters. The summed E-state index contributed by atoms with van der Waals surface area (Å²) in [4.78, 5) is 19.8. The number of carbonyl (C=O) groups is 1. The number of hydrogen-bond donors (Lipinski definition) is 0. The van der Waals surface area contributed by atoms with Crippen molar-refractivity contribution in [1.29, 1.82) is 0 Å². The maximum Gasteiger partial charge on any atom is 0.227 e. The first-order chi connectivity index (χ1) is 14.6. The Labute approximate surface area is 176 Å². The van der Waals surface area contributed by atoms with Gasteiger partial charge in [-0.3, -0.25) is 4.79 Å². The minimum Gasteiger partial charge on any atom is -0.323 e. The van der Waals surface area contributed by atoms with Crippen molar-refractivity contribution < 1.29 is 4.79 Å². The molecule has 3 aromatic carbocycles. The summed E-state index contributed by atoms with van der Waals surface area (Å²) < 4.78 is 2.30. The van der Waals surface area contributed by atoms with E-state index in [1.165, 1.54) is 11.1 Å². The van der Waals surface area contributed by atoms with Crippen LogP contribution in [0.4, 0.5) is 5.69 Å². The largest absolute Gasteiger partial charge is 0.323 e. The van der Waals surface area contributed by atoms with Gasteiger partial charge in [-0.05, 0) is 43.2 Å². The SMILES string of the molecule is Cc1cccc(Cn2c([C@@H]3CC(=O)N(c4ccccc4C)C3)nc3ccccc32)c1. The van der Waals surface area contributed by atoms with Crippen molar-refractivity contribution in [2.45, 2.75) is 32.7 Å². The number of aromatic nitrogens is 2. The monoisotopic (exact) mass is 395 g/mol. The molecule has 1 aromatic heterocycles. The van der Waals surface area contributed by atoms with E-state index in [0.717, 1.165) is 34.7 Å². The Bertz CT molecular complexity index is 1240. The average molecular weight is 396 g/mol. The van der Waals surface area contributed by atoms with Crippen molar-refractivity contribution in [3.8, 4) is 0 Å². The summed E-state index contributed by atoms with van der Waals surface area (Å²) >= 11 is 0. The number of fused-ring (bicyclic) bond motifs is 1. The predicted octanol–water partition coefficient (Wildman–Crippen LogP) is 5.22. The second kappa shape index (κ2) is 7.45. The van der Waals surface area contributed by atoms with Crippen molar-refractivity contribution in [3.63, 3.8) is 0 Å². The van der Waals surface area contributed by atoms with Crippen LogP contribution >= 0.6 is 0 Å². The number of rotatable bonds is 4. The smallest absolute Gasteiger partial charge is 0.227 e. The number of amides is 1. The van der Waals surface area contributed by atoms with Gasteiger partial charge in [0.15, 0.2) is 0 Å². The van der Waals surface area contributed by atoms with Crippen LogP contribution in [0.3, 0.4) is 0 Å². The summed E-state index contributed by atoms with van der Waals surface area (Å²) in [7, 11) is 0. The van der Waals surface area contributed by atoms with Gasteiger partial charge in [-0.1, -0.05) is 60.2 Å². The van der Waals surface area contributed by atoms with Gasteiger partial charge in [0.2, 0.25) is 5.91 Å². The standard InChI is InChI=1S/C26H25N3O/c1-18-8-7-10-20(14-18)16-29-24-13-6-4-11-22(24)27-26(29)21-15-25(30)28(17-21)23-12-5-3-9-19(23)2/h3-14,21H,15-17H2,1-2H3/t21-/m1/s1. The molecule has 1 saturated heterocycles. The van der Waals surface area contributed by atoms with Crippen molar-refractivity contribution in [1.82, 2.24) is 9.55 Å². The number of aryl methyl sites for hydroxylation is 2. The van der Waals surface area contributed by atoms with Crippen LogP contribution in [-0.2, 0) is 11.3 Å². The topological polar surface area (TPSA) is 38.1 Å². The van der Waals surface area contributed by atoms with E-state index >= 15 is 0 Å². The molecule has 0 N–H and O–H groups in total. The molecule has 30 heavy (non-hydrogen) atoms. The third-order valence-electron chi connectivity index (χ3n) is 6.00. The van der Waals surface area contributed by atoms with Crippen LogP contribution in [0.2, 0.25) is 0 Å². The highest BCUT2D eigenvalue weighted by atomic mass is 16.2. The van der Waals surface area contributed by atoms with Gasteiger partial charge in [0.25, 0.3) is 0 Å². The quantitative estimate of drug-likeness (QED) is 0.475. The Balaban J connectivity index is 1.54. The highest BCUT2D eigenvalue weighted by Crippen LogP contribution is 2.34. The number of carbonyl (C=O) groups excluding carboxylic acids is 1. The Morgan fingerprint density at radius 3 is 2.60 bits per heavy atom. The first kappa shape index (κ1) is 18.6. The second-order valence-electron chi connectivity index (χ2n) is 8.23. The molecule has 0 saturated carbocycles. The zero-order valence-electron chi connectivity index (χ0n) is 17.4. The third-order valence-corrected chi connectivity index (χ3v) is 6.00. The molecule has 1 aliphatic rings. The van der Waals surface area contributed by atoms with E-state index in [1.54, 1.807) is 0 Å². The fraction of sp³-hybridized carbons (Fsp3) is 0.231. The van der Waals surface area contributed by atoms with Gasteiger partial charge in [-0.25, -0.2) is 4.98 Å². The number of benzene rings is 3. The van der Waals surface area contributed by atoms with Crippen molar-refractivity contribution in [2.75, 3.05) is 11.4 Å². The van der Waals surface area contributed by atoms with E-state index in [2.05, 4.69) is 66.9 Å². The van der Waals surface area contributed by atoms with Crippen molar-refractivity contribution in [2.24, 2.45) is 0 Å². The van der Waals surface area contributed by atoms with Crippen molar-refractivity contribution in [3.05, 3.63) is 95.3 Å². The summed E-state index contributed by atoms with van der Waals surface area (Å²) in [5, 5.41) is 0. The van der Waals surface area contributed by atoms with E-state index in [9.17, 15) is 4.79 Å². The van der Waals surface area contributed by atoms with Crippen LogP contribution in [0.5, 0.6) is 0 Å². The minimum absolute atomic E-state index is 0.0781. The van der Waals surface area contributed by atoms with Crippen LogP contribution in [0.25, 0.3) is 11.0 Å². The molecule has 5 rings (SSSR count). The van der Waals surface area contributed by atoms with E-state index in [1.807, 2.05) is 29.2 Å². The Kier molecular flexibility index (Phi) is 4.62. The van der Waals surface area contributed by atoms with E-state index in [4.69, 9.17) is 4.98 Å². The number of nitrogens with zero attached hydrogens (tertiary/aromatic N) is 3. The highest BCUT2D eigenvalue weighted by molar-refractivity contribution is 5.97. The van der Waals surface area contributed by atoms with Crippen LogP contribution in [0, 0.1) is 13.8 Å². The summed E-state index contributed by atoms with van der Waals surface area (Å²) in [6.45, 7) is 5.60. The number of hydrogen-bond acceptors (Lipinski definition) is 2. The first-order valence-electron chi connectivity index (χ1n) is 10.5. The van der Waals surface area contributed by atoms with Crippen LogP contribution in [0.15, 0.2) is 72.8 Å².